The van der Waals surface area contributed by atoms with Crippen LogP contribution in [0.4, 0.5) is 6.01 Å². The predicted octanol–water partition coefficient (Wildman–Crippen LogP) is 3.20. The molecule has 1 amide bonds. The molecule has 0 unspecified atom stereocenters. The first kappa shape index (κ1) is 22.6. The number of hydrogen-bond donors (Lipinski definition) is 1. The van der Waals surface area contributed by atoms with Gasteiger partial charge < -0.3 is 24.4 Å². The number of ether oxygens (including phenoxy) is 1. The van der Waals surface area contributed by atoms with Crippen molar-refractivity contribution in [3.05, 3.63) is 24.3 Å². The zero-order valence-corrected chi connectivity index (χ0v) is 19.3. The number of piperidine rings is 2. The van der Waals surface area contributed by atoms with Crippen LogP contribution in [0.25, 0.3) is 11.4 Å². The molecule has 0 spiro atoms. The van der Waals surface area contributed by atoms with E-state index in [-0.39, 0.29) is 11.8 Å². The molecule has 2 aromatic rings. The zero-order chi connectivity index (χ0) is 22.3. The monoisotopic (exact) mass is 441 g/mol. The Morgan fingerprint density at radius 1 is 1.19 bits per heavy atom. The van der Waals surface area contributed by atoms with Crippen LogP contribution in [-0.4, -0.2) is 67.3 Å². The van der Waals surface area contributed by atoms with Crippen molar-refractivity contribution in [1.82, 2.24) is 20.4 Å². The average molecular weight is 442 g/mol. The van der Waals surface area contributed by atoms with E-state index in [1.54, 1.807) is 7.11 Å². The summed E-state index contributed by atoms with van der Waals surface area (Å²) in [5.74, 6) is 2.39. The third-order valence-electron chi connectivity index (χ3n) is 6.59. The lowest BCUT2D eigenvalue weighted by molar-refractivity contribution is -0.125. The van der Waals surface area contributed by atoms with Crippen LogP contribution in [0.1, 0.15) is 39.0 Å². The van der Waals surface area contributed by atoms with Crippen molar-refractivity contribution in [2.45, 2.75) is 39.0 Å². The van der Waals surface area contributed by atoms with Gasteiger partial charge in [-0.3, -0.25) is 4.79 Å². The largest absolute Gasteiger partial charge is 0.497 e. The van der Waals surface area contributed by atoms with Crippen LogP contribution in [0.2, 0.25) is 0 Å². The smallest absolute Gasteiger partial charge is 0.324 e. The van der Waals surface area contributed by atoms with E-state index in [2.05, 4.69) is 32.2 Å². The fourth-order valence-corrected chi connectivity index (χ4v) is 4.68. The molecule has 0 radical (unpaired) electrons. The van der Waals surface area contributed by atoms with Gasteiger partial charge in [0, 0.05) is 37.7 Å². The van der Waals surface area contributed by atoms with E-state index < -0.39 is 0 Å². The molecular weight excluding hydrogens is 406 g/mol. The standard InChI is InChI=1S/C24H35N5O3/c1-18-5-3-13-28(17-18)14-4-12-25-23(30)20-10-15-29(16-11-20)24-26-22(27-32-24)19-6-8-21(31-2)9-7-19/h6-9,18,20H,3-5,10-17H2,1-2H3,(H,25,30)/t18-/m0/s1. The molecule has 2 saturated heterocycles. The Bertz CT molecular complexity index is 861. The van der Waals surface area contributed by atoms with Gasteiger partial charge in [-0.05, 0) is 75.4 Å². The third kappa shape index (κ3) is 5.79. The number of carbonyl (C=O) groups is 1. The van der Waals surface area contributed by atoms with E-state index in [1.807, 2.05) is 24.3 Å². The lowest BCUT2D eigenvalue weighted by Crippen LogP contribution is -2.41. The van der Waals surface area contributed by atoms with Gasteiger partial charge in [0.2, 0.25) is 11.7 Å². The average Bonchev–Trinajstić information content (AvgIpc) is 3.32. The van der Waals surface area contributed by atoms with Crippen molar-refractivity contribution in [3.8, 4) is 17.1 Å². The van der Waals surface area contributed by atoms with Gasteiger partial charge in [0.1, 0.15) is 5.75 Å². The summed E-state index contributed by atoms with van der Waals surface area (Å²) >= 11 is 0. The van der Waals surface area contributed by atoms with Crippen LogP contribution in [0, 0.1) is 11.8 Å². The number of aromatic nitrogens is 2. The first-order valence-electron chi connectivity index (χ1n) is 11.9. The van der Waals surface area contributed by atoms with Crippen molar-refractivity contribution in [3.63, 3.8) is 0 Å². The Morgan fingerprint density at radius 3 is 2.69 bits per heavy atom. The van der Waals surface area contributed by atoms with Crippen LogP contribution in [0.5, 0.6) is 5.75 Å². The van der Waals surface area contributed by atoms with Crippen LogP contribution >= 0.6 is 0 Å². The number of anilines is 1. The number of benzene rings is 1. The first-order valence-corrected chi connectivity index (χ1v) is 11.9. The Balaban J connectivity index is 1.18. The van der Waals surface area contributed by atoms with E-state index in [9.17, 15) is 4.79 Å². The van der Waals surface area contributed by atoms with Gasteiger partial charge in [0.25, 0.3) is 0 Å². The predicted molar refractivity (Wildman–Crippen MR) is 124 cm³/mol. The Labute approximate surface area is 190 Å². The first-order chi connectivity index (χ1) is 15.6. The second-order valence-corrected chi connectivity index (χ2v) is 9.08. The van der Waals surface area contributed by atoms with Gasteiger partial charge in [-0.25, -0.2) is 0 Å². The highest BCUT2D eigenvalue weighted by Gasteiger charge is 2.27. The van der Waals surface area contributed by atoms with E-state index in [4.69, 9.17) is 9.26 Å². The molecule has 2 aliphatic heterocycles. The molecule has 2 aliphatic rings. The summed E-state index contributed by atoms with van der Waals surface area (Å²) in [4.78, 5) is 21.7. The minimum Gasteiger partial charge on any atom is -0.497 e. The SMILES string of the molecule is COc1ccc(-c2noc(N3CCC(C(=O)NCCCN4CCC[C@H](C)C4)CC3)n2)cc1. The minimum atomic E-state index is 0.0604. The molecule has 1 aromatic heterocycles. The molecule has 3 heterocycles. The Hall–Kier alpha value is -2.61. The summed E-state index contributed by atoms with van der Waals surface area (Å²) in [7, 11) is 1.64. The Kier molecular flexibility index (Phi) is 7.63. The molecule has 32 heavy (non-hydrogen) atoms. The number of methoxy groups -OCH3 is 1. The van der Waals surface area contributed by atoms with E-state index >= 15 is 0 Å². The van der Waals surface area contributed by atoms with Crippen molar-refractivity contribution >= 4 is 11.9 Å². The number of rotatable bonds is 8. The Morgan fingerprint density at radius 2 is 1.97 bits per heavy atom. The van der Waals surface area contributed by atoms with Gasteiger partial charge in [-0.15, -0.1) is 0 Å². The number of nitrogens with zero attached hydrogens (tertiary/aromatic N) is 4. The lowest BCUT2D eigenvalue weighted by atomic mass is 9.96. The summed E-state index contributed by atoms with van der Waals surface area (Å²) in [6, 6.07) is 8.10. The molecule has 0 bridgehead atoms. The van der Waals surface area contributed by atoms with Crippen LogP contribution in [-0.2, 0) is 4.79 Å². The molecule has 1 N–H and O–H groups in total. The summed E-state index contributed by atoms with van der Waals surface area (Å²) in [5, 5.41) is 7.26. The molecule has 8 nitrogen and oxygen atoms in total. The molecule has 8 heteroatoms. The second-order valence-electron chi connectivity index (χ2n) is 9.08. The van der Waals surface area contributed by atoms with E-state index in [1.165, 1.54) is 25.9 Å². The number of hydrogen-bond acceptors (Lipinski definition) is 7. The van der Waals surface area contributed by atoms with Gasteiger partial charge in [-0.2, -0.15) is 4.98 Å². The van der Waals surface area contributed by atoms with Crippen molar-refractivity contribution < 1.29 is 14.1 Å². The second kappa shape index (κ2) is 10.8. The number of carbonyl (C=O) groups excluding carboxylic acids is 1. The number of nitrogens with one attached hydrogen (secondary N) is 1. The molecule has 174 valence electrons. The topological polar surface area (TPSA) is 83.7 Å². The third-order valence-corrected chi connectivity index (χ3v) is 6.59. The van der Waals surface area contributed by atoms with Gasteiger partial charge >= 0.3 is 6.01 Å². The highest BCUT2D eigenvalue weighted by atomic mass is 16.5. The van der Waals surface area contributed by atoms with Crippen LogP contribution in [0.3, 0.4) is 0 Å². The van der Waals surface area contributed by atoms with Crippen molar-refractivity contribution in [1.29, 1.82) is 0 Å². The molecule has 1 atom stereocenters. The zero-order valence-electron chi connectivity index (χ0n) is 19.3. The fourth-order valence-electron chi connectivity index (χ4n) is 4.68. The van der Waals surface area contributed by atoms with Crippen LogP contribution < -0.4 is 15.0 Å². The quantitative estimate of drug-likeness (QED) is 0.630. The normalized spacial score (nSPS) is 20.3. The molecule has 0 saturated carbocycles. The fraction of sp³-hybridized carbons (Fsp3) is 0.625. The van der Waals surface area contributed by atoms with Gasteiger partial charge in [0.05, 0.1) is 7.11 Å². The van der Waals surface area contributed by atoms with E-state index in [0.717, 1.165) is 62.7 Å². The van der Waals surface area contributed by atoms with Gasteiger partial charge in [-0.1, -0.05) is 12.1 Å². The summed E-state index contributed by atoms with van der Waals surface area (Å²) in [5.41, 5.74) is 0.883. The minimum absolute atomic E-state index is 0.0604. The lowest BCUT2D eigenvalue weighted by Gasteiger charge is -2.31. The van der Waals surface area contributed by atoms with E-state index in [0.29, 0.717) is 11.8 Å². The summed E-state index contributed by atoms with van der Waals surface area (Å²) in [6.45, 7) is 8.06. The van der Waals surface area contributed by atoms with Crippen molar-refractivity contribution in [2.75, 3.05) is 51.3 Å². The molecule has 0 aliphatic carbocycles. The maximum atomic E-state index is 12.6. The molecule has 2 fully saturated rings. The molecule has 1 aromatic carbocycles. The van der Waals surface area contributed by atoms with Crippen LogP contribution in [0.15, 0.2) is 28.8 Å². The highest BCUT2D eigenvalue weighted by molar-refractivity contribution is 5.78. The van der Waals surface area contributed by atoms with Crippen molar-refractivity contribution in [2.24, 2.45) is 11.8 Å². The summed E-state index contributed by atoms with van der Waals surface area (Å²) < 4.78 is 10.7. The highest BCUT2D eigenvalue weighted by Crippen LogP contribution is 2.26. The van der Waals surface area contributed by atoms with Gasteiger partial charge in [0.15, 0.2) is 0 Å². The number of likely N-dealkylation sites (tertiary alicyclic amines) is 1. The molecule has 4 rings (SSSR count). The molecular formula is C24H35N5O3. The maximum absolute atomic E-state index is 12.6. The summed E-state index contributed by atoms with van der Waals surface area (Å²) in [6.07, 6.45) is 5.27. The number of amides is 1. The maximum Gasteiger partial charge on any atom is 0.324 e.